The zero-order valence-corrected chi connectivity index (χ0v) is 13.1. The lowest BCUT2D eigenvalue weighted by molar-refractivity contribution is 0.355. The van der Waals surface area contributed by atoms with Crippen LogP contribution < -0.4 is 19.9 Å². The summed E-state index contributed by atoms with van der Waals surface area (Å²) in [6, 6.07) is 2.89. The van der Waals surface area contributed by atoms with Gasteiger partial charge in [-0.25, -0.2) is 8.42 Å². The Morgan fingerprint density at radius 1 is 1.14 bits per heavy atom. The number of benzene rings is 1. The molecule has 1 aromatic carbocycles. The lowest BCUT2D eigenvalue weighted by atomic mass is 10.3. The van der Waals surface area contributed by atoms with Crippen LogP contribution in [0.3, 0.4) is 0 Å². The van der Waals surface area contributed by atoms with Gasteiger partial charge in [0, 0.05) is 31.3 Å². The summed E-state index contributed by atoms with van der Waals surface area (Å²) in [5, 5.41) is 0. The third-order valence-corrected chi connectivity index (χ3v) is 5.38. The molecule has 0 aliphatic carbocycles. The Kier molecular flexibility index (Phi) is 4.60. The number of sulfonamides is 1. The van der Waals surface area contributed by atoms with Crippen molar-refractivity contribution in [2.24, 2.45) is 5.73 Å². The summed E-state index contributed by atoms with van der Waals surface area (Å²) < 4.78 is 42.5. The Morgan fingerprint density at radius 3 is 2.10 bits per heavy atom. The molecule has 0 spiro atoms. The standard InChI is InChI=1S/C13H20N2O5S/c1-18-10-6-11(19-2)13(12(7-10)20-3)21(16,17)15-5-4-9(14)8-15/h6-7,9H,4-5,8,14H2,1-3H3. The number of ether oxygens (including phenoxy) is 3. The second-order valence-corrected chi connectivity index (χ2v) is 6.65. The zero-order valence-electron chi connectivity index (χ0n) is 12.3. The molecule has 0 amide bonds. The first-order chi connectivity index (χ1) is 9.93. The minimum atomic E-state index is -3.73. The number of nitrogens with two attached hydrogens (primary N) is 1. The van der Waals surface area contributed by atoms with Gasteiger partial charge in [-0.05, 0) is 6.42 Å². The van der Waals surface area contributed by atoms with Crippen molar-refractivity contribution in [2.45, 2.75) is 17.4 Å². The van der Waals surface area contributed by atoms with Gasteiger partial charge in [0.2, 0.25) is 0 Å². The lowest BCUT2D eigenvalue weighted by Gasteiger charge is -2.20. The monoisotopic (exact) mass is 316 g/mol. The second-order valence-electron chi connectivity index (χ2n) is 4.77. The van der Waals surface area contributed by atoms with Crippen LogP contribution in [0.1, 0.15) is 6.42 Å². The van der Waals surface area contributed by atoms with Crippen LogP contribution in [-0.4, -0.2) is 53.2 Å². The van der Waals surface area contributed by atoms with E-state index in [0.717, 1.165) is 0 Å². The summed E-state index contributed by atoms with van der Waals surface area (Å²) >= 11 is 0. The van der Waals surface area contributed by atoms with Crippen LogP contribution in [0.4, 0.5) is 0 Å². The van der Waals surface area contributed by atoms with Crippen molar-refractivity contribution in [1.29, 1.82) is 0 Å². The van der Waals surface area contributed by atoms with Crippen molar-refractivity contribution in [3.63, 3.8) is 0 Å². The summed E-state index contributed by atoms with van der Waals surface area (Å²) in [5.41, 5.74) is 5.80. The van der Waals surface area contributed by atoms with Crippen LogP contribution >= 0.6 is 0 Å². The fourth-order valence-electron chi connectivity index (χ4n) is 2.33. The van der Waals surface area contributed by atoms with Gasteiger partial charge in [0.05, 0.1) is 21.3 Å². The van der Waals surface area contributed by atoms with E-state index in [1.54, 1.807) is 0 Å². The van der Waals surface area contributed by atoms with Gasteiger partial charge in [-0.3, -0.25) is 0 Å². The average Bonchev–Trinajstić information content (AvgIpc) is 2.92. The highest BCUT2D eigenvalue weighted by Crippen LogP contribution is 2.39. The van der Waals surface area contributed by atoms with E-state index in [9.17, 15) is 8.42 Å². The largest absolute Gasteiger partial charge is 0.496 e. The predicted octanol–water partition coefficient (Wildman–Crippen LogP) is 0.434. The molecule has 1 fully saturated rings. The van der Waals surface area contributed by atoms with Gasteiger partial charge >= 0.3 is 0 Å². The smallest absolute Gasteiger partial charge is 0.250 e. The quantitative estimate of drug-likeness (QED) is 0.847. The molecule has 7 nitrogen and oxygen atoms in total. The topological polar surface area (TPSA) is 91.1 Å². The summed E-state index contributed by atoms with van der Waals surface area (Å²) in [6.45, 7) is 0.683. The molecule has 8 heteroatoms. The van der Waals surface area contributed by atoms with Crippen LogP contribution in [0.2, 0.25) is 0 Å². The second kappa shape index (κ2) is 6.08. The molecule has 1 aromatic rings. The molecule has 0 saturated carbocycles. The molecule has 21 heavy (non-hydrogen) atoms. The van der Waals surface area contributed by atoms with Gasteiger partial charge in [0.25, 0.3) is 10.0 Å². The van der Waals surface area contributed by atoms with E-state index in [1.165, 1.54) is 37.8 Å². The van der Waals surface area contributed by atoms with Crippen LogP contribution in [0, 0.1) is 0 Å². The van der Waals surface area contributed by atoms with E-state index in [0.29, 0.717) is 25.3 Å². The maximum atomic E-state index is 12.8. The molecule has 0 aromatic heterocycles. The summed E-state index contributed by atoms with van der Waals surface area (Å²) in [4.78, 5) is 0.00222. The Morgan fingerprint density at radius 2 is 1.71 bits per heavy atom. The first-order valence-corrected chi connectivity index (χ1v) is 7.93. The van der Waals surface area contributed by atoms with Crippen LogP contribution in [-0.2, 0) is 10.0 Å². The molecule has 1 unspecified atom stereocenters. The van der Waals surface area contributed by atoms with Gasteiger partial charge in [-0.15, -0.1) is 0 Å². The molecule has 1 aliphatic heterocycles. The number of hydrogen-bond donors (Lipinski definition) is 1. The Bertz CT molecular complexity index is 592. The van der Waals surface area contributed by atoms with Gasteiger partial charge in [-0.1, -0.05) is 0 Å². The molecule has 1 aliphatic rings. The number of methoxy groups -OCH3 is 3. The van der Waals surface area contributed by atoms with E-state index in [4.69, 9.17) is 19.9 Å². The third-order valence-electron chi connectivity index (χ3n) is 3.46. The van der Waals surface area contributed by atoms with E-state index in [-0.39, 0.29) is 22.4 Å². The summed E-state index contributed by atoms with van der Waals surface area (Å²) in [5.74, 6) is 0.833. The highest BCUT2D eigenvalue weighted by molar-refractivity contribution is 7.89. The van der Waals surface area contributed by atoms with E-state index < -0.39 is 10.0 Å². The Balaban J connectivity index is 2.56. The highest BCUT2D eigenvalue weighted by Gasteiger charge is 2.35. The Hall–Kier alpha value is -1.51. The molecular weight excluding hydrogens is 296 g/mol. The number of rotatable bonds is 5. The SMILES string of the molecule is COc1cc(OC)c(S(=O)(=O)N2CCC(N)C2)c(OC)c1. The van der Waals surface area contributed by atoms with E-state index in [2.05, 4.69) is 0 Å². The van der Waals surface area contributed by atoms with Crippen LogP contribution in [0.25, 0.3) is 0 Å². The van der Waals surface area contributed by atoms with Gasteiger partial charge in [0.15, 0.2) is 4.90 Å². The zero-order chi connectivity index (χ0) is 15.6. The van der Waals surface area contributed by atoms with Crippen LogP contribution in [0.15, 0.2) is 17.0 Å². The maximum Gasteiger partial charge on any atom is 0.250 e. The minimum absolute atomic E-state index is 0.00222. The highest BCUT2D eigenvalue weighted by atomic mass is 32.2. The Labute approximate surface area is 124 Å². The minimum Gasteiger partial charge on any atom is -0.496 e. The van der Waals surface area contributed by atoms with E-state index >= 15 is 0 Å². The first-order valence-electron chi connectivity index (χ1n) is 6.49. The predicted molar refractivity (Wildman–Crippen MR) is 77.4 cm³/mol. The summed E-state index contributed by atoms with van der Waals surface area (Å²) in [6.07, 6.45) is 0.639. The van der Waals surface area contributed by atoms with Crippen LogP contribution in [0.5, 0.6) is 17.2 Å². The lowest BCUT2D eigenvalue weighted by Crippen LogP contribution is -2.32. The first kappa shape index (κ1) is 15.9. The molecule has 2 N–H and O–H groups in total. The van der Waals surface area contributed by atoms with Crippen molar-refractivity contribution in [3.05, 3.63) is 12.1 Å². The summed E-state index contributed by atoms with van der Waals surface area (Å²) in [7, 11) is 0.565. The number of hydrogen-bond acceptors (Lipinski definition) is 6. The van der Waals surface area contributed by atoms with Crippen molar-refractivity contribution in [3.8, 4) is 17.2 Å². The fraction of sp³-hybridized carbons (Fsp3) is 0.538. The third kappa shape index (κ3) is 2.92. The maximum absolute atomic E-state index is 12.8. The average molecular weight is 316 g/mol. The van der Waals surface area contributed by atoms with Crippen molar-refractivity contribution in [2.75, 3.05) is 34.4 Å². The van der Waals surface area contributed by atoms with Crippen molar-refractivity contribution < 1.29 is 22.6 Å². The molecule has 1 saturated heterocycles. The fourth-order valence-corrected chi connectivity index (χ4v) is 4.11. The van der Waals surface area contributed by atoms with Gasteiger partial charge < -0.3 is 19.9 Å². The molecule has 2 rings (SSSR count). The molecule has 0 radical (unpaired) electrons. The van der Waals surface area contributed by atoms with E-state index in [1.807, 2.05) is 0 Å². The number of nitrogens with zero attached hydrogens (tertiary/aromatic N) is 1. The molecule has 0 bridgehead atoms. The molecule has 1 atom stereocenters. The molecular formula is C13H20N2O5S. The van der Waals surface area contributed by atoms with Gasteiger partial charge in [0.1, 0.15) is 17.2 Å². The normalized spacial score (nSPS) is 19.5. The van der Waals surface area contributed by atoms with Crippen molar-refractivity contribution in [1.82, 2.24) is 4.31 Å². The van der Waals surface area contributed by atoms with Gasteiger partial charge in [-0.2, -0.15) is 4.31 Å². The van der Waals surface area contributed by atoms with Crippen molar-refractivity contribution >= 4 is 10.0 Å². The molecule has 1 heterocycles. The molecule has 118 valence electrons.